The van der Waals surface area contributed by atoms with Crippen LogP contribution in [-0.4, -0.2) is 0 Å². The highest BCUT2D eigenvalue weighted by Crippen LogP contribution is 2.39. The first kappa shape index (κ1) is 11.1. The van der Waals surface area contributed by atoms with E-state index >= 15 is 0 Å². The van der Waals surface area contributed by atoms with Crippen molar-refractivity contribution in [3.05, 3.63) is 0 Å². The summed E-state index contributed by atoms with van der Waals surface area (Å²) >= 11 is 0. The van der Waals surface area contributed by atoms with E-state index in [1.807, 2.05) is 0 Å². The Morgan fingerprint density at radius 3 is 1.31 bits per heavy atom. The fourth-order valence-electron chi connectivity index (χ4n) is 2.31. The Labute approximate surface area is 84.1 Å². The van der Waals surface area contributed by atoms with Crippen molar-refractivity contribution < 1.29 is 0 Å². The van der Waals surface area contributed by atoms with Crippen LogP contribution in [0.25, 0.3) is 0 Å². The van der Waals surface area contributed by atoms with E-state index in [1.54, 1.807) is 0 Å². The average Bonchev–Trinajstić information content (AvgIpc) is 2.04. The van der Waals surface area contributed by atoms with E-state index in [0.29, 0.717) is 10.8 Å². The molecule has 0 nitrogen and oxygen atoms in total. The lowest BCUT2D eigenvalue weighted by atomic mass is 9.77. The molecule has 1 rings (SSSR count). The predicted molar refractivity (Wildman–Crippen MR) is 59.9 cm³/mol. The quantitative estimate of drug-likeness (QED) is 0.505. The topological polar surface area (TPSA) is 0 Å². The van der Waals surface area contributed by atoms with Crippen LogP contribution in [0.1, 0.15) is 72.6 Å². The summed E-state index contributed by atoms with van der Waals surface area (Å²) in [7, 11) is 0. The molecule has 0 radical (unpaired) electrons. The lowest BCUT2D eigenvalue weighted by Crippen LogP contribution is -2.16. The zero-order chi connectivity index (χ0) is 9.95. The molecule has 13 heavy (non-hydrogen) atoms. The van der Waals surface area contributed by atoms with Crippen molar-refractivity contribution >= 4 is 0 Å². The second-order valence-corrected chi connectivity index (χ2v) is 6.39. The number of hydrogen-bond donors (Lipinski definition) is 0. The van der Waals surface area contributed by atoms with E-state index in [4.69, 9.17) is 0 Å². The fraction of sp³-hybridized carbons (Fsp3) is 1.00. The predicted octanol–water partition coefficient (Wildman–Crippen LogP) is 4.78. The van der Waals surface area contributed by atoms with Gasteiger partial charge in [-0.25, -0.2) is 0 Å². The maximum atomic E-state index is 2.44. The van der Waals surface area contributed by atoms with Crippen LogP contribution in [0.15, 0.2) is 0 Å². The van der Waals surface area contributed by atoms with Gasteiger partial charge in [-0.1, -0.05) is 47.0 Å². The highest BCUT2D eigenvalue weighted by Gasteiger charge is 2.25. The molecule has 0 aliphatic heterocycles. The Kier molecular flexibility index (Phi) is 3.43. The van der Waals surface area contributed by atoms with Crippen molar-refractivity contribution in [2.24, 2.45) is 10.8 Å². The first-order valence-corrected chi connectivity index (χ1v) is 5.91. The van der Waals surface area contributed by atoms with Gasteiger partial charge in [-0.05, 0) is 36.5 Å². The third kappa shape index (κ3) is 4.15. The highest BCUT2D eigenvalue weighted by atomic mass is 14.3. The molecule has 1 fully saturated rings. The number of hydrogen-bond acceptors (Lipinski definition) is 0. The Balaban J connectivity index is 2.53. The normalized spacial score (nSPS) is 28.6. The van der Waals surface area contributed by atoms with Gasteiger partial charge in [0.05, 0.1) is 0 Å². The Bertz CT molecular complexity index is 135. The van der Waals surface area contributed by atoms with Crippen LogP contribution >= 0.6 is 0 Å². The summed E-state index contributed by atoms with van der Waals surface area (Å²) < 4.78 is 0. The minimum atomic E-state index is 0.599. The summed E-state index contributed by atoms with van der Waals surface area (Å²) in [5.41, 5.74) is 1.20. The molecule has 0 bridgehead atoms. The van der Waals surface area contributed by atoms with Crippen molar-refractivity contribution in [3.8, 4) is 0 Å². The van der Waals surface area contributed by atoms with Gasteiger partial charge in [0.15, 0.2) is 0 Å². The first-order valence-electron chi connectivity index (χ1n) is 5.91. The van der Waals surface area contributed by atoms with Crippen LogP contribution in [0.2, 0.25) is 0 Å². The maximum absolute atomic E-state index is 2.44. The van der Waals surface area contributed by atoms with Crippen LogP contribution in [0.3, 0.4) is 0 Å². The summed E-state index contributed by atoms with van der Waals surface area (Å²) in [5, 5.41) is 0. The zero-order valence-electron chi connectivity index (χ0n) is 9.95. The summed E-state index contributed by atoms with van der Waals surface area (Å²) in [6.45, 7) is 9.76. The third-order valence-electron chi connectivity index (χ3n) is 3.69. The standard InChI is InChI=1S/C13H26/c1-12(2)8-6-5-7-9-13(3,4)11-10-12/h5-11H2,1-4H3. The molecule has 0 heterocycles. The van der Waals surface area contributed by atoms with E-state index in [9.17, 15) is 0 Å². The molecular weight excluding hydrogens is 156 g/mol. The van der Waals surface area contributed by atoms with E-state index in [0.717, 1.165) is 0 Å². The van der Waals surface area contributed by atoms with Crippen LogP contribution in [0, 0.1) is 10.8 Å². The van der Waals surface area contributed by atoms with Gasteiger partial charge in [0.25, 0.3) is 0 Å². The minimum Gasteiger partial charge on any atom is -0.0599 e. The van der Waals surface area contributed by atoms with Crippen molar-refractivity contribution in [3.63, 3.8) is 0 Å². The molecule has 0 aromatic heterocycles. The van der Waals surface area contributed by atoms with Gasteiger partial charge in [0.2, 0.25) is 0 Å². The number of rotatable bonds is 0. The molecule has 0 amide bonds. The van der Waals surface area contributed by atoms with Gasteiger partial charge in [-0.15, -0.1) is 0 Å². The third-order valence-corrected chi connectivity index (χ3v) is 3.69. The van der Waals surface area contributed by atoms with Gasteiger partial charge in [-0.2, -0.15) is 0 Å². The molecule has 0 aromatic carbocycles. The molecule has 1 saturated carbocycles. The fourth-order valence-corrected chi connectivity index (χ4v) is 2.31. The molecule has 1 aliphatic rings. The molecule has 0 spiro atoms. The highest BCUT2D eigenvalue weighted by molar-refractivity contribution is 4.77. The van der Waals surface area contributed by atoms with Gasteiger partial charge in [-0.3, -0.25) is 0 Å². The van der Waals surface area contributed by atoms with Gasteiger partial charge in [0, 0.05) is 0 Å². The van der Waals surface area contributed by atoms with Crippen LogP contribution in [-0.2, 0) is 0 Å². The van der Waals surface area contributed by atoms with Crippen LogP contribution < -0.4 is 0 Å². The van der Waals surface area contributed by atoms with Crippen LogP contribution in [0.4, 0.5) is 0 Å². The molecular formula is C13H26. The molecule has 0 unspecified atom stereocenters. The summed E-state index contributed by atoms with van der Waals surface area (Å²) in [6.07, 6.45) is 10.0. The SMILES string of the molecule is CC1(C)CCCCCC(C)(C)CC1. The Morgan fingerprint density at radius 1 is 0.538 bits per heavy atom. The second kappa shape index (κ2) is 4.02. The summed E-state index contributed by atoms with van der Waals surface area (Å²) in [6, 6.07) is 0. The molecule has 78 valence electrons. The minimum absolute atomic E-state index is 0.599. The van der Waals surface area contributed by atoms with E-state index in [1.165, 1.54) is 44.9 Å². The molecule has 0 atom stereocenters. The molecule has 0 N–H and O–H groups in total. The first-order chi connectivity index (χ1) is 5.91. The van der Waals surface area contributed by atoms with E-state index in [2.05, 4.69) is 27.7 Å². The molecule has 1 aliphatic carbocycles. The Morgan fingerprint density at radius 2 is 0.923 bits per heavy atom. The average molecular weight is 182 g/mol. The van der Waals surface area contributed by atoms with Crippen molar-refractivity contribution in [2.45, 2.75) is 72.6 Å². The second-order valence-electron chi connectivity index (χ2n) is 6.39. The van der Waals surface area contributed by atoms with Crippen LogP contribution in [0.5, 0.6) is 0 Å². The Hall–Kier alpha value is 0. The van der Waals surface area contributed by atoms with Gasteiger partial charge in [0.1, 0.15) is 0 Å². The van der Waals surface area contributed by atoms with Crippen molar-refractivity contribution in [1.82, 2.24) is 0 Å². The van der Waals surface area contributed by atoms with E-state index < -0.39 is 0 Å². The smallest absolute Gasteiger partial charge is 0.0354 e. The maximum Gasteiger partial charge on any atom is -0.0354 e. The zero-order valence-corrected chi connectivity index (χ0v) is 9.95. The molecule has 0 aromatic rings. The summed E-state index contributed by atoms with van der Waals surface area (Å²) in [4.78, 5) is 0. The van der Waals surface area contributed by atoms with Gasteiger partial charge >= 0.3 is 0 Å². The summed E-state index contributed by atoms with van der Waals surface area (Å²) in [5.74, 6) is 0. The molecule has 0 saturated heterocycles. The van der Waals surface area contributed by atoms with E-state index in [-0.39, 0.29) is 0 Å². The largest absolute Gasteiger partial charge is 0.0599 e. The van der Waals surface area contributed by atoms with Crippen molar-refractivity contribution in [1.29, 1.82) is 0 Å². The monoisotopic (exact) mass is 182 g/mol. The lowest BCUT2D eigenvalue weighted by molar-refractivity contribution is 0.228. The van der Waals surface area contributed by atoms with Gasteiger partial charge < -0.3 is 0 Å². The molecule has 0 heteroatoms. The van der Waals surface area contributed by atoms with Crippen molar-refractivity contribution in [2.75, 3.05) is 0 Å². The lowest BCUT2D eigenvalue weighted by Gasteiger charge is -2.29.